The summed E-state index contributed by atoms with van der Waals surface area (Å²) in [5.74, 6) is 0.586. The molecule has 0 radical (unpaired) electrons. The summed E-state index contributed by atoms with van der Waals surface area (Å²) in [7, 11) is 0. The highest BCUT2D eigenvalue weighted by Crippen LogP contribution is 2.33. The molecule has 1 N–H and O–H groups in total. The highest BCUT2D eigenvalue weighted by atomic mass is 35.5. The molecule has 0 bridgehead atoms. The van der Waals surface area contributed by atoms with Crippen LogP contribution in [0.4, 0.5) is 5.69 Å². The molecular formula is C14H14ClN3O3. The first-order valence-corrected chi connectivity index (χ1v) is 6.76. The van der Waals surface area contributed by atoms with E-state index in [1.54, 1.807) is 12.3 Å². The van der Waals surface area contributed by atoms with E-state index < -0.39 is 4.92 Å². The van der Waals surface area contributed by atoms with Gasteiger partial charge in [0.1, 0.15) is 0 Å². The number of nitro groups is 1. The number of non-ortho nitro benzene ring substituents is 1. The Labute approximate surface area is 126 Å². The third-order valence-corrected chi connectivity index (χ3v) is 3.06. The predicted molar refractivity (Wildman–Crippen MR) is 79.8 cm³/mol. The molecule has 0 atom stereocenters. The number of pyridine rings is 1. The molecule has 0 amide bonds. The zero-order chi connectivity index (χ0) is 15.2. The van der Waals surface area contributed by atoms with Crippen molar-refractivity contribution in [3.05, 3.63) is 57.2 Å². The second-order valence-electron chi connectivity index (χ2n) is 4.22. The number of rotatable bonds is 6. The quantitative estimate of drug-likeness (QED) is 0.652. The lowest BCUT2D eigenvalue weighted by molar-refractivity contribution is -0.384. The third-order valence-electron chi connectivity index (χ3n) is 2.75. The first kappa shape index (κ1) is 15.2. The largest absolute Gasteiger partial charge is 0.437 e. The van der Waals surface area contributed by atoms with E-state index in [2.05, 4.69) is 10.3 Å². The van der Waals surface area contributed by atoms with E-state index in [1.165, 1.54) is 18.2 Å². The van der Waals surface area contributed by atoms with E-state index in [0.29, 0.717) is 17.4 Å². The van der Waals surface area contributed by atoms with Crippen molar-refractivity contribution in [2.45, 2.75) is 13.5 Å². The Morgan fingerprint density at radius 3 is 2.95 bits per heavy atom. The van der Waals surface area contributed by atoms with Crippen molar-refractivity contribution in [3.63, 3.8) is 0 Å². The highest BCUT2D eigenvalue weighted by Gasteiger charge is 2.13. The summed E-state index contributed by atoms with van der Waals surface area (Å²) in [4.78, 5) is 14.5. The van der Waals surface area contributed by atoms with Crippen LogP contribution in [0.5, 0.6) is 11.6 Å². The fourth-order valence-electron chi connectivity index (χ4n) is 1.70. The van der Waals surface area contributed by atoms with Crippen LogP contribution in [-0.4, -0.2) is 16.5 Å². The Morgan fingerprint density at radius 1 is 1.43 bits per heavy atom. The van der Waals surface area contributed by atoms with Crippen LogP contribution in [0.15, 0.2) is 36.5 Å². The van der Waals surface area contributed by atoms with E-state index in [4.69, 9.17) is 16.3 Å². The van der Waals surface area contributed by atoms with E-state index in [9.17, 15) is 10.1 Å². The Kier molecular flexibility index (Phi) is 5.08. The second-order valence-corrected chi connectivity index (χ2v) is 4.63. The zero-order valence-corrected chi connectivity index (χ0v) is 12.1. The summed E-state index contributed by atoms with van der Waals surface area (Å²) in [5, 5.41) is 14.3. The van der Waals surface area contributed by atoms with Gasteiger partial charge in [-0.25, -0.2) is 4.98 Å². The van der Waals surface area contributed by atoms with Gasteiger partial charge in [0.25, 0.3) is 5.69 Å². The SMILES string of the molecule is CCNCc1cccnc1Oc1cc([N+](=O)[O-])ccc1Cl. The lowest BCUT2D eigenvalue weighted by Crippen LogP contribution is -2.12. The lowest BCUT2D eigenvalue weighted by Gasteiger charge is -2.11. The molecule has 0 aliphatic heterocycles. The number of nitrogens with zero attached hydrogens (tertiary/aromatic N) is 2. The molecule has 6 nitrogen and oxygen atoms in total. The summed E-state index contributed by atoms with van der Waals surface area (Å²) in [6.45, 7) is 3.40. The maximum Gasteiger partial charge on any atom is 0.273 e. The molecule has 0 aliphatic carbocycles. The molecule has 7 heteroatoms. The normalized spacial score (nSPS) is 10.4. The Balaban J connectivity index is 2.29. The summed E-state index contributed by atoms with van der Waals surface area (Å²) in [6, 6.07) is 7.72. The van der Waals surface area contributed by atoms with E-state index in [0.717, 1.165) is 12.1 Å². The number of halogens is 1. The molecule has 21 heavy (non-hydrogen) atoms. The standard InChI is InChI=1S/C14H14ClN3O3/c1-2-16-9-10-4-3-7-17-14(10)21-13-8-11(18(19)20)5-6-12(13)15/h3-8,16H,2,9H2,1H3. The molecule has 0 aliphatic rings. The fraction of sp³-hybridized carbons (Fsp3) is 0.214. The Morgan fingerprint density at radius 2 is 2.24 bits per heavy atom. The molecular weight excluding hydrogens is 294 g/mol. The van der Waals surface area contributed by atoms with Crippen LogP contribution in [0.1, 0.15) is 12.5 Å². The average molecular weight is 308 g/mol. The minimum atomic E-state index is -0.499. The van der Waals surface area contributed by atoms with Gasteiger partial charge in [0, 0.05) is 24.4 Å². The molecule has 1 aromatic heterocycles. The molecule has 110 valence electrons. The topological polar surface area (TPSA) is 77.3 Å². The van der Waals surface area contributed by atoms with Gasteiger partial charge in [0.05, 0.1) is 16.0 Å². The van der Waals surface area contributed by atoms with Crippen molar-refractivity contribution in [2.24, 2.45) is 0 Å². The van der Waals surface area contributed by atoms with Crippen molar-refractivity contribution in [1.29, 1.82) is 0 Å². The maximum absolute atomic E-state index is 10.8. The van der Waals surface area contributed by atoms with Gasteiger partial charge in [0.15, 0.2) is 5.75 Å². The third kappa shape index (κ3) is 3.90. The Hall–Kier alpha value is -2.18. The second kappa shape index (κ2) is 7.01. The van der Waals surface area contributed by atoms with Crippen LogP contribution < -0.4 is 10.1 Å². The summed E-state index contributed by atoms with van der Waals surface area (Å²) in [6.07, 6.45) is 1.59. The molecule has 0 fully saturated rings. The lowest BCUT2D eigenvalue weighted by atomic mass is 10.2. The zero-order valence-electron chi connectivity index (χ0n) is 11.4. The van der Waals surface area contributed by atoms with Gasteiger partial charge in [-0.3, -0.25) is 10.1 Å². The monoisotopic (exact) mass is 307 g/mol. The fourth-order valence-corrected chi connectivity index (χ4v) is 1.85. The van der Waals surface area contributed by atoms with Gasteiger partial charge in [0.2, 0.25) is 5.88 Å². The van der Waals surface area contributed by atoms with Crippen molar-refractivity contribution in [1.82, 2.24) is 10.3 Å². The Bertz CT molecular complexity index is 649. The van der Waals surface area contributed by atoms with Crippen LogP contribution in [-0.2, 0) is 6.54 Å². The molecule has 2 rings (SSSR count). The van der Waals surface area contributed by atoms with E-state index in [-0.39, 0.29) is 11.4 Å². The number of benzene rings is 1. The van der Waals surface area contributed by atoms with Crippen molar-refractivity contribution in [3.8, 4) is 11.6 Å². The minimum absolute atomic E-state index is 0.0847. The van der Waals surface area contributed by atoms with Gasteiger partial charge in [-0.15, -0.1) is 0 Å². The summed E-state index contributed by atoms with van der Waals surface area (Å²) >= 11 is 6.02. The van der Waals surface area contributed by atoms with Gasteiger partial charge in [-0.05, 0) is 18.7 Å². The number of hydrogen-bond donors (Lipinski definition) is 1. The molecule has 0 saturated carbocycles. The molecule has 1 aromatic carbocycles. The number of hydrogen-bond acceptors (Lipinski definition) is 5. The predicted octanol–water partition coefficient (Wildman–Crippen LogP) is 3.55. The minimum Gasteiger partial charge on any atom is -0.437 e. The highest BCUT2D eigenvalue weighted by molar-refractivity contribution is 6.32. The molecule has 0 spiro atoms. The van der Waals surface area contributed by atoms with Crippen molar-refractivity contribution < 1.29 is 9.66 Å². The van der Waals surface area contributed by atoms with E-state index >= 15 is 0 Å². The molecule has 0 unspecified atom stereocenters. The summed E-state index contributed by atoms with van der Waals surface area (Å²) < 4.78 is 5.64. The van der Waals surface area contributed by atoms with Crippen LogP contribution in [0.25, 0.3) is 0 Å². The molecule has 1 heterocycles. The van der Waals surface area contributed by atoms with E-state index in [1.807, 2.05) is 13.0 Å². The number of nitrogens with one attached hydrogen (secondary N) is 1. The van der Waals surface area contributed by atoms with Crippen molar-refractivity contribution >= 4 is 17.3 Å². The van der Waals surface area contributed by atoms with Crippen molar-refractivity contribution in [2.75, 3.05) is 6.54 Å². The van der Waals surface area contributed by atoms with Crippen LogP contribution in [0.2, 0.25) is 5.02 Å². The molecule has 0 saturated heterocycles. The molecule has 2 aromatic rings. The number of ether oxygens (including phenoxy) is 1. The smallest absolute Gasteiger partial charge is 0.273 e. The first-order valence-electron chi connectivity index (χ1n) is 6.38. The van der Waals surface area contributed by atoms with Gasteiger partial charge in [-0.1, -0.05) is 24.6 Å². The van der Waals surface area contributed by atoms with Crippen LogP contribution in [0, 0.1) is 10.1 Å². The van der Waals surface area contributed by atoms with Gasteiger partial charge in [-0.2, -0.15) is 0 Å². The first-order chi connectivity index (χ1) is 10.1. The number of nitro benzene ring substituents is 1. The van der Waals surface area contributed by atoms with Crippen LogP contribution in [0.3, 0.4) is 0 Å². The van der Waals surface area contributed by atoms with Gasteiger partial charge < -0.3 is 10.1 Å². The average Bonchev–Trinajstić information content (AvgIpc) is 2.48. The maximum atomic E-state index is 10.8. The van der Waals surface area contributed by atoms with Crippen LogP contribution >= 0.6 is 11.6 Å². The van der Waals surface area contributed by atoms with Gasteiger partial charge >= 0.3 is 0 Å². The summed E-state index contributed by atoms with van der Waals surface area (Å²) in [5.41, 5.74) is 0.764. The number of aromatic nitrogens is 1.